The van der Waals surface area contributed by atoms with Crippen LogP contribution in [0.4, 0.5) is 5.69 Å². The van der Waals surface area contributed by atoms with Crippen LogP contribution in [0.2, 0.25) is 10.0 Å². The molecule has 1 heterocycles. The number of halogens is 2. The predicted molar refractivity (Wildman–Crippen MR) is 155 cm³/mol. The minimum Gasteiger partial charge on any atom is -0.477 e. The Labute approximate surface area is 228 Å². The number of allylic oxidation sites excluding steroid dienone is 2. The molecule has 0 atom stereocenters. The van der Waals surface area contributed by atoms with Crippen molar-refractivity contribution in [1.82, 2.24) is 0 Å². The van der Waals surface area contributed by atoms with Crippen LogP contribution in [0.1, 0.15) is 98.7 Å². The number of carbonyl (C=O) groups is 1. The van der Waals surface area contributed by atoms with Crippen LogP contribution < -0.4 is 5.32 Å². The van der Waals surface area contributed by atoms with E-state index in [4.69, 9.17) is 23.2 Å². The maximum absolute atomic E-state index is 12.1. The summed E-state index contributed by atoms with van der Waals surface area (Å²) < 4.78 is 0. The molecular weight excluding hydrogens is 517 g/mol. The average Bonchev–Trinajstić information content (AvgIpc) is 3.48. The third-order valence-electron chi connectivity index (χ3n) is 6.23. The van der Waals surface area contributed by atoms with Gasteiger partial charge in [0, 0.05) is 9.78 Å². The molecule has 2 aromatic rings. The van der Waals surface area contributed by atoms with Crippen molar-refractivity contribution in [3.05, 3.63) is 66.3 Å². The van der Waals surface area contributed by atoms with Gasteiger partial charge in [0.2, 0.25) is 0 Å². The van der Waals surface area contributed by atoms with Crippen molar-refractivity contribution in [3.8, 4) is 0 Å². The Morgan fingerprint density at radius 1 is 1.23 bits per heavy atom. The molecule has 2 N–H and O–H groups in total. The fourth-order valence-corrected chi connectivity index (χ4v) is 6.84. The summed E-state index contributed by atoms with van der Waals surface area (Å²) in [5.41, 5.74) is 2.98. The molecule has 1 aromatic carbocycles. The van der Waals surface area contributed by atoms with Crippen molar-refractivity contribution in [3.63, 3.8) is 0 Å². The number of hydrogen-bond donors (Lipinski definition) is 2. The summed E-state index contributed by atoms with van der Waals surface area (Å²) in [5, 5.41) is 15.4. The summed E-state index contributed by atoms with van der Waals surface area (Å²) in [6.07, 6.45) is 9.75. The van der Waals surface area contributed by atoms with Crippen molar-refractivity contribution in [2.24, 2.45) is 5.92 Å². The lowest BCUT2D eigenvalue weighted by atomic mass is 10.0. The van der Waals surface area contributed by atoms with E-state index in [2.05, 4.69) is 45.2 Å². The largest absolute Gasteiger partial charge is 0.477 e. The summed E-state index contributed by atoms with van der Waals surface area (Å²) in [6, 6.07) is 7.81. The van der Waals surface area contributed by atoms with Gasteiger partial charge in [-0.2, -0.15) is 0 Å². The molecule has 1 aliphatic carbocycles. The van der Waals surface area contributed by atoms with Crippen molar-refractivity contribution >= 4 is 62.9 Å². The second-order valence-electron chi connectivity index (χ2n) is 9.55. The Morgan fingerprint density at radius 3 is 2.54 bits per heavy atom. The molecule has 0 unspecified atom stereocenters. The van der Waals surface area contributed by atoms with Crippen molar-refractivity contribution < 1.29 is 9.90 Å². The molecule has 3 rings (SSSR count). The van der Waals surface area contributed by atoms with Crippen LogP contribution in [0.15, 0.2) is 40.9 Å². The van der Waals surface area contributed by atoms with Crippen LogP contribution in [-0.2, 0) is 0 Å². The maximum atomic E-state index is 12.1. The van der Waals surface area contributed by atoms with E-state index in [9.17, 15) is 9.90 Å². The highest BCUT2D eigenvalue weighted by Gasteiger charge is 2.24. The smallest absolute Gasteiger partial charge is 0.348 e. The minimum atomic E-state index is -0.879. The number of hydrogen-bond acceptors (Lipinski definition) is 4. The number of benzene rings is 1. The third-order valence-corrected chi connectivity index (χ3v) is 9.53. The lowest BCUT2D eigenvalue weighted by Crippen LogP contribution is -2.02. The molecule has 1 fully saturated rings. The van der Waals surface area contributed by atoms with Crippen LogP contribution in [-0.4, -0.2) is 11.1 Å². The molecule has 1 aliphatic rings. The summed E-state index contributed by atoms with van der Waals surface area (Å²) >= 11 is 15.6. The average molecular weight is 553 g/mol. The number of carboxylic acid groups (broad SMARTS) is 1. The molecule has 0 amide bonds. The van der Waals surface area contributed by atoms with Crippen molar-refractivity contribution in [1.29, 1.82) is 0 Å². The monoisotopic (exact) mass is 551 g/mol. The Balaban J connectivity index is 1.95. The van der Waals surface area contributed by atoms with E-state index < -0.39 is 5.97 Å². The fraction of sp³-hybridized carbons (Fsp3) is 0.464. The number of anilines is 1. The number of rotatable bonds is 11. The summed E-state index contributed by atoms with van der Waals surface area (Å²) in [6.45, 7) is 8.72. The maximum Gasteiger partial charge on any atom is 0.348 e. The van der Waals surface area contributed by atoms with Gasteiger partial charge in [0.05, 0.1) is 20.8 Å². The van der Waals surface area contributed by atoms with Gasteiger partial charge < -0.3 is 10.4 Å². The first-order valence-electron chi connectivity index (χ1n) is 12.4. The molecule has 3 nitrogen and oxygen atoms in total. The molecule has 190 valence electrons. The van der Waals surface area contributed by atoms with E-state index in [1.165, 1.54) is 34.6 Å². The van der Waals surface area contributed by atoms with Gasteiger partial charge in [0.15, 0.2) is 0 Å². The van der Waals surface area contributed by atoms with Crippen LogP contribution in [0, 0.1) is 5.92 Å². The van der Waals surface area contributed by atoms with Gasteiger partial charge in [-0.05, 0) is 74.6 Å². The molecule has 0 bridgehead atoms. The summed E-state index contributed by atoms with van der Waals surface area (Å²) in [5.74, 6) is 0.201. The number of thioether (sulfide) groups is 1. The molecule has 0 spiro atoms. The van der Waals surface area contributed by atoms with Crippen LogP contribution in [0.3, 0.4) is 0 Å². The Hall–Kier alpha value is -1.40. The third kappa shape index (κ3) is 7.79. The van der Waals surface area contributed by atoms with Gasteiger partial charge in [0.25, 0.3) is 0 Å². The summed E-state index contributed by atoms with van der Waals surface area (Å²) in [4.78, 5) is 14.7. The molecule has 1 saturated carbocycles. The van der Waals surface area contributed by atoms with Crippen LogP contribution in [0.5, 0.6) is 0 Å². The summed E-state index contributed by atoms with van der Waals surface area (Å²) in [7, 11) is 0. The zero-order valence-corrected chi connectivity index (χ0v) is 24.1. The lowest BCUT2D eigenvalue weighted by molar-refractivity contribution is 0.0703. The molecular formula is C28H35Cl2NO2S2. The molecule has 1 aromatic heterocycles. The number of nitrogens with one attached hydrogen (secondary N) is 1. The highest BCUT2D eigenvalue weighted by Crippen LogP contribution is 2.44. The Morgan fingerprint density at radius 2 is 1.94 bits per heavy atom. The topological polar surface area (TPSA) is 49.3 Å². The second-order valence-corrected chi connectivity index (χ2v) is 12.5. The van der Waals surface area contributed by atoms with Gasteiger partial charge in [-0.3, -0.25) is 0 Å². The van der Waals surface area contributed by atoms with Crippen LogP contribution >= 0.6 is 46.3 Å². The van der Waals surface area contributed by atoms with E-state index in [-0.39, 0.29) is 0 Å². The standard InChI is InChI=1S/C28H35Cl2NO2S2/c1-5-8-25(31-23-16-24(19-9-6-7-10-19)34-27(23)28(32)33)35-26(18(4)12-11-17(2)3)20-13-14-21(29)22(30)15-20/h8,13-17,19,31H,5-7,9-12H2,1-4H3,(H,32,33)/b25-8+,26-18+. The fourth-order valence-electron chi connectivity index (χ4n) is 4.27. The zero-order valence-electron chi connectivity index (χ0n) is 20.9. The molecule has 35 heavy (non-hydrogen) atoms. The molecule has 7 heteroatoms. The molecule has 0 aliphatic heterocycles. The van der Waals surface area contributed by atoms with Gasteiger partial charge in [0.1, 0.15) is 4.88 Å². The van der Waals surface area contributed by atoms with Gasteiger partial charge in [-0.25, -0.2) is 4.79 Å². The first-order chi connectivity index (χ1) is 16.7. The number of aromatic carboxylic acids is 1. The highest BCUT2D eigenvalue weighted by molar-refractivity contribution is 8.11. The van der Waals surface area contributed by atoms with E-state index in [1.807, 2.05) is 18.2 Å². The quantitative estimate of drug-likeness (QED) is 0.291. The van der Waals surface area contributed by atoms with E-state index in [0.29, 0.717) is 32.4 Å². The molecule has 0 saturated heterocycles. The number of thiophene rings is 1. The normalized spacial score (nSPS) is 15.6. The first kappa shape index (κ1) is 28.2. The highest BCUT2D eigenvalue weighted by atomic mass is 35.5. The van der Waals surface area contributed by atoms with Gasteiger partial charge >= 0.3 is 5.97 Å². The Bertz CT molecular complexity index is 1100. The van der Waals surface area contributed by atoms with Gasteiger partial charge in [-0.15, -0.1) is 11.3 Å². The van der Waals surface area contributed by atoms with Gasteiger partial charge in [-0.1, -0.05) is 86.3 Å². The van der Waals surface area contributed by atoms with Crippen LogP contribution in [0.25, 0.3) is 4.91 Å². The van der Waals surface area contributed by atoms with Crippen molar-refractivity contribution in [2.75, 3.05) is 5.32 Å². The SMILES string of the molecule is CC/C=C(\Nc1cc(C2CCCC2)sc1C(=O)O)S/C(=C(\C)CCC(C)C)c1ccc(Cl)c(Cl)c1. The second kappa shape index (κ2) is 13.2. The Kier molecular flexibility index (Phi) is 10.7. The minimum absolute atomic E-state index is 0.381. The van der Waals surface area contributed by atoms with E-state index >= 15 is 0 Å². The number of carboxylic acids is 1. The predicted octanol–water partition coefficient (Wildman–Crippen LogP) is 10.7. The van der Waals surface area contributed by atoms with E-state index in [1.54, 1.807) is 11.8 Å². The van der Waals surface area contributed by atoms with Crippen molar-refractivity contribution in [2.45, 2.75) is 78.6 Å². The zero-order chi connectivity index (χ0) is 25.5. The van der Waals surface area contributed by atoms with E-state index in [0.717, 1.165) is 47.6 Å². The molecule has 0 radical (unpaired) electrons. The first-order valence-corrected chi connectivity index (χ1v) is 14.8. The lowest BCUT2D eigenvalue weighted by Gasteiger charge is -2.17.